The van der Waals surface area contributed by atoms with Crippen molar-refractivity contribution in [2.24, 2.45) is 0 Å². The minimum atomic E-state index is -0.503. The predicted octanol–water partition coefficient (Wildman–Crippen LogP) is 3.93. The molecule has 0 radical (unpaired) electrons. The predicted molar refractivity (Wildman–Crippen MR) is 95.1 cm³/mol. The van der Waals surface area contributed by atoms with E-state index in [0.717, 1.165) is 25.5 Å². The lowest BCUT2D eigenvalue weighted by atomic mass is 9.81. The lowest BCUT2D eigenvalue weighted by Crippen LogP contribution is -2.15. The van der Waals surface area contributed by atoms with E-state index in [-0.39, 0.29) is 11.7 Å². The Morgan fingerprint density at radius 2 is 2.12 bits per heavy atom. The molecule has 0 saturated heterocycles. The highest BCUT2D eigenvalue weighted by Crippen LogP contribution is 2.38. The lowest BCUT2D eigenvalue weighted by molar-refractivity contribution is 0.103. The second kappa shape index (κ2) is 6.71. The average Bonchev–Trinajstić information content (AvgIpc) is 2.96. The van der Waals surface area contributed by atoms with Crippen LogP contribution >= 0.6 is 0 Å². The van der Waals surface area contributed by atoms with E-state index in [4.69, 9.17) is 4.74 Å². The first kappa shape index (κ1) is 16.4. The summed E-state index contributed by atoms with van der Waals surface area (Å²) in [6, 6.07) is 6.89. The number of aromatic nitrogens is 3. The van der Waals surface area contributed by atoms with Gasteiger partial charge in [-0.25, -0.2) is 14.4 Å². The van der Waals surface area contributed by atoms with Crippen molar-refractivity contribution in [2.45, 2.75) is 25.2 Å². The number of carbonyl (C=O) groups excluding carboxylic acids is 1. The van der Waals surface area contributed by atoms with Crippen LogP contribution in [0, 0.1) is 5.82 Å². The summed E-state index contributed by atoms with van der Waals surface area (Å²) in [5.74, 6) is 0.544. The van der Waals surface area contributed by atoms with Gasteiger partial charge in [0, 0.05) is 11.5 Å². The number of ether oxygens (including phenoxy) is 1. The molecule has 1 aliphatic rings. The van der Waals surface area contributed by atoms with E-state index in [1.54, 1.807) is 30.3 Å². The summed E-state index contributed by atoms with van der Waals surface area (Å²) in [4.78, 5) is 21.7. The Bertz CT molecular complexity index is 975. The summed E-state index contributed by atoms with van der Waals surface area (Å²) in [7, 11) is 0. The van der Waals surface area contributed by atoms with Crippen molar-refractivity contribution in [1.29, 1.82) is 0 Å². The van der Waals surface area contributed by atoms with Gasteiger partial charge < -0.3 is 4.74 Å². The number of hydrogen-bond acceptors (Lipinski definition) is 4. The quantitative estimate of drug-likeness (QED) is 0.499. The molecule has 0 bridgehead atoms. The molecule has 0 spiro atoms. The lowest BCUT2D eigenvalue weighted by Gasteiger charge is -2.24. The average molecular weight is 351 g/mol. The van der Waals surface area contributed by atoms with Crippen LogP contribution in [0.3, 0.4) is 0 Å². The van der Waals surface area contributed by atoms with Crippen molar-refractivity contribution in [3.05, 3.63) is 72.1 Å². The van der Waals surface area contributed by atoms with Crippen LogP contribution in [0.1, 0.15) is 46.9 Å². The summed E-state index contributed by atoms with van der Waals surface area (Å²) in [6.07, 6.45) is 7.13. The van der Waals surface area contributed by atoms with Gasteiger partial charge in [0.25, 0.3) is 0 Å². The number of carbonyl (C=O) groups is 1. The zero-order valence-electron chi connectivity index (χ0n) is 14.2. The molecule has 0 amide bonds. The van der Waals surface area contributed by atoms with Crippen LogP contribution in [0.15, 0.2) is 49.3 Å². The number of nitrogens with zero attached hydrogens (tertiary/aromatic N) is 3. The molecule has 1 saturated carbocycles. The van der Waals surface area contributed by atoms with E-state index in [1.165, 1.54) is 10.6 Å². The van der Waals surface area contributed by atoms with Gasteiger partial charge in [0.1, 0.15) is 18.1 Å². The van der Waals surface area contributed by atoms with E-state index in [1.807, 2.05) is 0 Å². The van der Waals surface area contributed by atoms with Crippen LogP contribution in [0.4, 0.5) is 4.39 Å². The fourth-order valence-electron chi connectivity index (χ4n) is 3.11. The molecule has 0 aliphatic heterocycles. The van der Waals surface area contributed by atoms with Crippen molar-refractivity contribution in [2.75, 3.05) is 6.61 Å². The molecule has 4 rings (SSSR count). The molecule has 1 aliphatic carbocycles. The third-order valence-electron chi connectivity index (χ3n) is 4.67. The summed E-state index contributed by atoms with van der Waals surface area (Å²) in [6.45, 7) is 4.01. The maximum absolute atomic E-state index is 13.7. The Balaban J connectivity index is 1.75. The van der Waals surface area contributed by atoms with Crippen LogP contribution in [0.25, 0.3) is 5.78 Å². The molecule has 0 atom stereocenters. The third-order valence-corrected chi connectivity index (χ3v) is 4.67. The first-order chi connectivity index (χ1) is 12.7. The molecule has 1 fully saturated rings. The molecule has 6 heteroatoms. The van der Waals surface area contributed by atoms with Gasteiger partial charge >= 0.3 is 0 Å². The van der Waals surface area contributed by atoms with Crippen LogP contribution < -0.4 is 4.74 Å². The molecule has 132 valence electrons. The topological polar surface area (TPSA) is 56.5 Å². The normalized spacial score (nSPS) is 14.2. The first-order valence-electron chi connectivity index (χ1n) is 8.59. The van der Waals surface area contributed by atoms with Gasteiger partial charge in [-0.3, -0.25) is 9.20 Å². The summed E-state index contributed by atoms with van der Waals surface area (Å²) in [5, 5.41) is 0. The van der Waals surface area contributed by atoms with Gasteiger partial charge in [-0.15, -0.1) is 0 Å². The number of fused-ring (bicyclic) bond motifs is 1. The van der Waals surface area contributed by atoms with E-state index < -0.39 is 5.82 Å². The maximum Gasteiger partial charge on any atom is 0.234 e. The third kappa shape index (κ3) is 2.87. The molecule has 26 heavy (non-hydrogen) atoms. The largest absolute Gasteiger partial charge is 0.490 e. The van der Waals surface area contributed by atoms with Crippen LogP contribution in [-0.4, -0.2) is 26.8 Å². The van der Waals surface area contributed by atoms with E-state index in [9.17, 15) is 9.18 Å². The molecule has 1 aromatic carbocycles. The molecular weight excluding hydrogens is 333 g/mol. The van der Waals surface area contributed by atoms with Crippen LogP contribution in [0.2, 0.25) is 0 Å². The van der Waals surface area contributed by atoms with E-state index >= 15 is 0 Å². The van der Waals surface area contributed by atoms with Crippen molar-refractivity contribution < 1.29 is 13.9 Å². The smallest absolute Gasteiger partial charge is 0.234 e. The molecular formula is C20H18FN3O2. The summed E-state index contributed by atoms with van der Waals surface area (Å²) < 4.78 is 20.6. The number of hydrogen-bond donors (Lipinski definition) is 0. The minimum absolute atomic E-state index is 0.193. The van der Waals surface area contributed by atoms with E-state index in [0.29, 0.717) is 35.1 Å². The number of halogens is 1. The fraction of sp³-hybridized carbons (Fsp3) is 0.250. The van der Waals surface area contributed by atoms with Crippen molar-refractivity contribution >= 4 is 11.6 Å². The van der Waals surface area contributed by atoms with Gasteiger partial charge in [0.2, 0.25) is 11.6 Å². The summed E-state index contributed by atoms with van der Waals surface area (Å²) in [5.41, 5.74) is 1.62. The molecule has 3 aromatic rings. The Kier molecular flexibility index (Phi) is 4.24. The highest BCUT2D eigenvalue weighted by molar-refractivity contribution is 6.09. The van der Waals surface area contributed by atoms with Gasteiger partial charge in [-0.2, -0.15) is 0 Å². The Hall–Kier alpha value is -3.02. The van der Waals surface area contributed by atoms with Crippen molar-refractivity contribution in [3.8, 4) is 5.75 Å². The van der Waals surface area contributed by atoms with Gasteiger partial charge in [-0.05, 0) is 37.1 Å². The SMILES string of the molecule is C=CCOc1ccc(C(=O)c2c(C3CCC3)nc3ncc(F)cn23)cc1. The Morgan fingerprint density at radius 3 is 2.77 bits per heavy atom. The number of benzene rings is 1. The second-order valence-corrected chi connectivity index (χ2v) is 6.37. The first-order valence-corrected chi connectivity index (χ1v) is 8.59. The van der Waals surface area contributed by atoms with Crippen molar-refractivity contribution in [3.63, 3.8) is 0 Å². The molecule has 0 unspecified atom stereocenters. The summed E-state index contributed by atoms with van der Waals surface area (Å²) >= 11 is 0. The second-order valence-electron chi connectivity index (χ2n) is 6.37. The molecule has 2 aromatic heterocycles. The highest BCUT2D eigenvalue weighted by atomic mass is 19.1. The zero-order chi connectivity index (χ0) is 18.1. The zero-order valence-corrected chi connectivity index (χ0v) is 14.2. The molecule has 2 heterocycles. The van der Waals surface area contributed by atoms with Crippen LogP contribution in [0.5, 0.6) is 5.75 Å². The Labute approximate surface area is 150 Å². The number of imidazole rings is 1. The minimum Gasteiger partial charge on any atom is -0.490 e. The van der Waals surface area contributed by atoms with E-state index in [2.05, 4.69) is 16.5 Å². The molecule has 5 nitrogen and oxygen atoms in total. The van der Waals surface area contributed by atoms with Crippen LogP contribution in [-0.2, 0) is 0 Å². The van der Waals surface area contributed by atoms with Gasteiger partial charge in [0.15, 0.2) is 5.82 Å². The fourth-order valence-corrected chi connectivity index (χ4v) is 3.11. The van der Waals surface area contributed by atoms with Gasteiger partial charge in [0.05, 0.1) is 18.1 Å². The number of rotatable bonds is 6. The number of ketones is 1. The highest BCUT2D eigenvalue weighted by Gasteiger charge is 2.30. The van der Waals surface area contributed by atoms with Gasteiger partial charge in [-0.1, -0.05) is 19.1 Å². The molecule has 0 N–H and O–H groups in total. The standard InChI is InChI=1S/C20H18FN3O2/c1-2-10-26-16-8-6-14(7-9-16)19(25)18-17(13-4-3-5-13)23-20-22-11-15(21)12-24(18)20/h2,6-9,11-13H,1,3-5,10H2. The van der Waals surface area contributed by atoms with Crippen molar-refractivity contribution in [1.82, 2.24) is 14.4 Å². The monoisotopic (exact) mass is 351 g/mol. The maximum atomic E-state index is 13.7. The Morgan fingerprint density at radius 1 is 1.35 bits per heavy atom.